The van der Waals surface area contributed by atoms with Gasteiger partial charge in [-0.25, -0.2) is 0 Å². The highest BCUT2D eigenvalue weighted by molar-refractivity contribution is 9.10. The topological polar surface area (TPSA) is 131 Å². The van der Waals surface area contributed by atoms with Crippen LogP contribution in [0.5, 0.6) is 23.0 Å². The molecule has 2 bridgehead atoms. The van der Waals surface area contributed by atoms with Crippen molar-refractivity contribution in [3.05, 3.63) is 40.9 Å². The summed E-state index contributed by atoms with van der Waals surface area (Å²) in [7, 11) is 0. The minimum atomic E-state index is -1.09. The molecule has 0 fully saturated rings. The number of nitrogens with zero attached hydrogens (tertiary/aromatic N) is 1. The van der Waals surface area contributed by atoms with Gasteiger partial charge >= 0.3 is 5.97 Å². The Morgan fingerprint density at radius 1 is 0.806 bits per heavy atom. The van der Waals surface area contributed by atoms with E-state index in [1.807, 2.05) is 24.3 Å². The Hall–Kier alpha value is -3.78. The number of aromatic hydroxyl groups is 4. The molecule has 0 unspecified atom stereocenters. The van der Waals surface area contributed by atoms with Crippen molar-refractivity contribution in [2.45, 2.75) is 6.42 Å². The van der Waals surface area contributed by atoms with Gasteiger partial charge in [0.25, 0.3) is 0 Å². The van der Waals surface area contributed by atoms with Crippen molar-refractivity contribution in [3.63, 3.8) is 0 Å². The molecule has 0 amide bonds. The number of benzene rings is 6. The van der Waals surface area contributed by atoms with Gasteiger partial charge < -0.3 is 25.5 Å². The van der Waals surface area contributed by atoms with Gasteiger partial charge in [0, 0.05) is 38.5 Å². The number of halogens is 1. The van der Waals surface area contributed by atoms with E-state index < -0.39 is 5.97 Å². The highest BCUT2D eigenvalue weighted by atomic mass is 79.9. The first kappa shape index (κ1) is 19.2. The first-order chi connectivity index (χ1) is 14.8. The average molecular weight is 480 g/mol. The van der Waals surface area contributed by atoms with E-state index in [1.165, 1.54) is 12.1 Å². The molecule has 6 aromatic carbocycles. The number of carboxylic acids is 1. The number of aliphatic imine (C=N–C) groups is 1. The molecule has 8 heteroatoms. The molecular weight excluding hydrogens is 466 g/mol. The summed E-state index contributed by atoms with van der Waals surface area (Å²) in [5.74, 6) is -1.74. The molecule has 7 nitrogen and oxygen atoms in total. The third kappa shape index (κ3) is 2.51. The maximum Gasteiger partial charge on any atom is 0.308 e. The summed E-state index contributed by atoms with van der Waals surface area (Å²) >= 11 is 3.26. The van der Waals surface area contributed by atoms with Gasteiger partial charge in [-0.05, 0) is 38.8 Å². The van der Waals surface area contributed by atoms with Gasteiger partial charge in [-0.2, -0.15) is 0 Å². The molecule has 6 rings (SSSR count). The average Bonchev–Trinajstić information content (AvgIpc) is 2.76. The first-order valence-electron chi connectivity index (χ1n) is 9.24. The van der Waals surface area contributed by atoms with Gasteiger partial charge in [0.15, 0.2) is 5.75 Å². The SMILES string of the molecule is O=C(O)CC=Nc1c(Br)c(O)c2c(c1O)c1c3ccccc3c2c2c(O)ccc(O)c21. The van der Waals surface area contributed by atoms with Gasteiger partial charge in [-0.1, -0.05) is 24.3 Å². The van der Waals surface area contributed by atoms with Crippen LogP contribution in [0, 0.1) is 0 Å². The molecule has 0 heterocycles. The van der Waals surface area contributed by atoms with Crippen LogP contribution in [0.25, 0.3) is 43.1 Å². The van der Waals surface area contributed by atoms with Crippen LogP contribution in [0.4, 0.5) is 5.69 Å². The monoisotopic (exact) mass is 479 g/mol. The number of hydrogen-bond acceptors (Lipinski definition) is 6. The molecule has 154 valence electrons. The fourth-order valence-electron chi connectivity index (χ4n) is 4.30. The van der Waals surface area contributed by atoms with Crippen molar-refractivity contribution in [3.8, 4) is 23.0 Å². The van der Waals surface area contributed by atoms with E-state index in [4.69, 9.17) is 5.11 Å². The Balaban J connectivity index is 2.10. The summed E-state index contributed by atoms with van der Waals surface area (Å²) in [6, 6.07) is 10.0. The van der Waals surface area contributed by atoms with Gasteiger partial charge in [0.2, 0.25) is 0 Å². The first-order valence-corrected chi connectivity index (χ1v) is 10.0. The molecule has 5 N–H and O–H groups in total. The van der Waals surface area contributed by atoms with E-state index in [0.717, 1.165) is 17.0 Å². The minimum Gasteiger partial charge on any atom is -0.507 e. The van der Waals surface area contributed by atoms with Gasteiger partial charge in [0.1, 0.15) is 22.9 Å². The van der Waals surface area contributed by atoms with Crippen molar-refractivity contribution < 1.29 is 30.3 Å². The molecule has 0 saturated heterocycles. The Bertz CT molecular complexity index is 1590. The van der Waals surface area contributed by atoms with Gasteiger partial charge in [-0.3, -0.25) is 9.79 Å². The van der Waals surface area contributed by atoms with E-state index in [0.29, 0.717) is 26.9 Å². The lowest BCUT2D eigenvalue weighted by Crippen LogP contribution is -1.94. The van der Waals surface area contributed by atoms with Gasteiger partial charge in [-0.15, -0.1) is 0 Å². The molecule has 0 spiro atoms. The lowest BCUT2D eigenvalue weighted by molar-refractivity contribution is -0.135. The molecule has 0 aromatic heterocycles. The number of carboxylic acid groups (broad SMARTS) is 1. The fraction of sp³-hybridized carbons (Fsp3) is 0.0435. The second-order valence-corrected chi connectivity index (χ2v) is 7.96. The summed E-state index contributed by atoms with van der Waals surface area (Å²) in [6.45, 7) is 0. The van der Waals surface area contributed by atoms with Crippen molar-refractivity contribution >= 4 is 76.9 Å². The molecule has 0 saturated carbocycles. The standard InChI is InChI=1S/C23H14BrNO6/c24-20-21(25-8-7-13(28)29)23(31)19-15-10-4-2-1-3-9(10)14(18(19)22(20)30)16-11(26)5-6-12(27)17(15)16/h1-6,8,26-27,30-31H,7H2,(H,28,29). The zero-order valence-corrected chi connectivity index (χ0v) is 17.3. The number of phenolic OH excluding ortho intramolecular Hbond substituents is 4. The highest BCUT2D eigenvalue weighted by Crippen LogP contribution is 2.58. The number of phenols is 4. The van der Waals surface area contributed by atoms with Crippen LogP contribution in [-0.4, -0.2) is 37.7 Å². The largest absolute Gasteiger partial charge is 0.507 e. The molecule has 0 aliphatic rings. The molecular formula is C23H14BrNO6. The van der Waals surface area contributed by atoms with Crippen LogP contribution >= 0.6 is 15.9 Å². The summed E-state index contributed by atoms with van der Waals surface area (Å²) in [4.78, 5) is 14.9. The van der Waals surface area contributed by atoms with Gasteiger partial charge in [0.05, 0.1) is 10.9 Å². The predicted octanol–water partition coefficient (Wildman–Crippen LogP) is 5.50. The summed E-state index contributed by atoms with van der Waals surface area (Å²) in [5, 5.41) is 56.0. The minimum absolute atomic E-state index is 0.0307. The van der Waals surface area contributed by atoms with E-state index in [-0.39, 0.29) is 45.0 Å². The Morgan fingerprint density at radius 3 is 1.84 bits per heavy atom. The number of rotatable bonds is 3. The van der Waals surface area contributed by atoms with Crippen LogP contribution in [0.15, 0.2) is 45.9 Å². The van der Waals surface area contributed by atoms with Crippen LogP contribution in [0.3, 0.4) is 0 Å². The van der Waals surface area contributed by atoms with Crippen LogP contribution < -0.4 is 0 Å². The van der Waals surface area contributed by atoms with Crippen molar-refractivity contribution in [2.24, 2.45) is 4.99 Å². The Kier molecular flexibility index (Phi) is 4.10. The zero-order valence-electron chi connectivity index (χ0n) is 15.7. The maximum atomic E-state index is 11.2. The molecule has 6 aromatic rings. The molecule has 0 aliphatic heterocycles. The highest BCUT2D eigenvalue weighted by Gasteiger charge is 2.28. The second kappa shape index (κ2) is 6.61. The van der Waals surface area contributed by atoms with E-state index in [1.54, 1.807) is 0 Å². The van der Waals surface area contributed by atoms with Crippen molar-refractivity contribution in [2.75, 3.05) is 0 Å². The van der Waals surface area contributed by atoms with Crippen molar-refractivity contribution in [1.29, 1.82) is 0 Å². The zero-order chi connectivity index (χ0) is 22.0. The fourth-order valence-corrected chi connectivity index (χ4v) is 4.78. The lowest BCUT2D eigenvalue weighted by Gasteiger charge is -2.21. The number of carbonyl (C=O) groups is 1. The van der Waals surface area contributed by atoms with Crippen LogP contribution in [-0.2, 0) is 4.79 Å². The second-order valence-electron chi connectivity index (χ2n) is 7.17. The molecule has 0 aliphatic carbocycles. The maximum absolute atomic E-state index is 11.2. The Labute approximate surface area is 182 Å². The summed E-state index contributed by atoms with van der Waals surface area (Å²) in [6.07, 6.45) is 0.760. The van der Waals surface area contributed by atoms with Crippen LogP contribution in [0.1, 0.15) is 6.42 Å². The van der Waals surface area contributed by atoms with E-state index in [2.05, 4.69) is 20.9 Å². The Morgan fingerprint density at radius 2 is 1.32 bits per heavy atom. The van der Waals surface area contributed by atoms with Crippen LogP contribution in [0.2, 0.25) is 0 Å². The normalized spacial score (nSPS) is 12.2. The number of aliphatic carboxylic acids is 1. The smallest absolute Gasteiger partial charge is 0.308 e. The summed E-state index contributed by atoms with van der Waals surface area (Å²) in [5.41, 5.74) is -0.0307. The third-order valence-corrected chi connectivity index (χ3v) is 6.23. The van der Waals surface area contributed by atoms with Crippen molar-refractivity contribution in [1.82, 2.24) is 0 Å². The molecule has 31 heavy (non-hydrogen) atoms. The third-order valence-electron chi connectivity index (χ3n) is 5.48. The molecule has 0 radical (unpaired) electrons. The predicted molar refractivity (Wildman–Crippen MR) is 122 cm³/mol. The lowest BCUT2D eigenvalue weighted by atomic mass is 9.84. The van der Waals surface area contributed by atoms with E-state index >= 15 is 0 Å². The molecule has 0 atom stereocenters. The van der Waals surface area contributed by atoms with E-state index in [9.17, 15) is 25.2 Å². The number of hydrogen-bond donors (Lipinski definition) is 5. The quantitative estimate of drug-likeness (QED) is 0.132. The summed E-state index contributed by atoms with van der Waals surface area (Å²) < 4.78 is 0.0877.